The van der Waals surface area contributed by atoms with Crippen LogP contribution in [0.25, 0.3) is 0 Å². The Bertz CT molecular complexity index is 575. The number of aliphatic hydroxyl groups is 1. The smallest absolute Gasteiger partial charge is 0.141 e. The molecule has 2 heterocycles. The van der Waals surface area contributed by atoms with Crippen molar-refractivity contribution in [1.82, 2.24) is 9.88 Å². The van der Waals surface area contributed by atoms with Gasteiger partial charge < -0.3 is 10.0 Å². The summed E-state index contributed by atoms with van der Waals surface area (Å²) >= 11 is 7.47. The summed E-state index contributed by atoms with van der Waals surface area (Å²) in [6, 6.07) is 6.73. The number of hydrogen-bond acceptors (Lipinski definition) is 4. The predicted octanol–water partition coefficient (Wildman–Crippen LogP) is 3.74. The van der Waals surface area contributed by atoms with Crippen LogP contribution in [0.15, 0.2) is 30.5 Å². The number of rotatable bonds is 6. The van der Waals surface area contributed by atoms with E-state index in [1.165, 1.54) is 17.0 Å². The maximum Gasteiger partial charge on any atom is 0.141 e. The van der Waals surface area contributed by atoms with Gasteiger partial charge in [-0.1, -0.05) is 18.5 Å². The third kappa shape index (κ3) is 4.74. The first kappa shape index (κ1) is 16.4. The highest BCUT2D eigenvalue weighted by Gasteiger charge is 2.19. The summed E-state index contributed by atoms with van der Waals surface area (Å²) in [4.78, 5) is 7.24. The van der Waals surface area contributed by atoms with E-state index in [1.807, 2.05) is 26.1 Å². The lowest BCUT2D eigenvalue weighted by Gasteiger charge is -2.24. The summed E-state index contributed by atoms with van der Waals surface area (Å²) in [5.41, 5.74) is 0.497. The van der Waals surface area contributed by atoms with Crippen LogP contribution in [0.3, 0.4) is 0 Å². The summed E-state index contributed by atoms with van der Waals surface area (Å²) < 4.78 is 13.6. The molecule has 114 valence electrons. The molecule has 2 rings (SSSR count). The van der Waals surface area contributed by atoms with Crippen molar-refractivity contribution in [1.29, 1.82) is 0 Å². The number of halogens is 2. The third-order valence-corrected chi connectivity index (χ3v) is 4.46. The van der Waals surface area contributed by atoms with Crippen molar-refractivity contribution in [2.45, 2.75) is 19.6 Å². The second kappa shape index (κ2) is 7.31. The number of hydrogen-bond donors (Lipinski definition) is 1. The highest BCUT2D eigenvalue weighted by Crippen LogP contribution is 2.24. The van der Waals surface area contributed by atoms with Gasteiger partial charge in [-0.3, -0.25) is 4.98 Å². The molecule has 0 aliphatic rings. The molecule has 2 aromatic rings. The van der Waals surface area contributed by atoms with E-state index in [9.17, 15) is 9.50 Å². The van der Waals surface area contributed by atoms with Crippen LogP contribution in [-0.2, 0) is 6.54 Å². The van der Waals surface area contributed by atoms with E-state index in [4.69, 9.17) is 11.6 Å². The number of thiophene rings is 1. The molecule has 2 aromatic heterocycles. The van der Waals surface area contributed by atoms with Crippen molar-refractivity contribution in [2.24, 2.45) is 5.92 Å². The summed E-state index contributed by atoms with van der Waals surface area (Å²) in [5.74, 6) is -0.409. The normalized spacial score (nSPS) is 14.4. The third-order valence-electron chi connectivity index (χ3n) is 3.25. The zero-order valence-corrected chi connectivity index (χ0v) is 13.5. The molecule has 0 fully saturated rings. The Morgan fingerprint density at radius 1 is 1.38 bits per heavy atom. The lowest BCUT2D eigenvalue weighted by atomic mass is 10.0. The van der Waals surface area contributed by atoms with E-state index in [-0.39, 0.29) is 5.92 Å². The number of nitrogens with zero attached hydrogens (tertiary/aromatic N) is 2. The molecule has 0 spiro atoms. The van der Waals surface area contributed by atoms with E-state index >= 15 is 0 Å². The Morgan fingerprint density at radius 3 is 2.71 bits per heavy atom. The SMILES string of the molecule is CC(CN(C)Cc1ccc(Cl)s1)C(O)c1ccc(F)cn1. The molecule has 1 N–H and O–H groups in total. The zero-order valence-electron chi connectivity index (χ0n) is 12.0. The maximum atomic E-state index is 12.8. The van der Waals surface area contributed by atoms with Crippen molar-refractivity contribution in [2.75, 3.05) is 13.6 Å². The summed E-state index contributed by atoms with van der Waals surface area (Å²) in [5, 5.41) is 10.3. The Morgan fingerprint density at radius 2 is 2.14 bits per heavy atom. The summed E-state index contributed by atoms with van der Waals surface area (Å²) in [7, 11) is 1.99. The molecule has 0 aliphatic heterocycles. The first-order chi connectivity index (χ1) is 9.95. The molecular weight excluding hydrogens is 311 g/mol. The van der Waals surface area contributed by atoms with Crippen LogP contribution in [-0.4, -0.2) is 28.6 Å². The molecule has 3 nitrogen and oxygen atoms in total. The van der Waals surface area contributed by atoms with Crippen LogP contribution < -0.4 is 0 Å². The van der Waals surface area contributed by atoms with Gasteiger partial charge in [0.25, 0.3) is 0 Å². The highest BCUT2D eigenvalue weighted by molar-refractivity contribution is 7.16. The zero-order chi connectivity index (χ0) is 15.4. The van der Waals surface area contributed by atoms with Crippen LogP contribution in [0, 0.1) is 11.7 Å². The Labute approximate surface area is 133 Å². The van der Waals surface area contributed by atoms with Gasteiger partial charge >= 0.3 is 0 Å². The Balaban J connectivity index is 1.90. The molecule has 0 aliphatic carbocycles. The molecular formula is C15H18ClFN2OS. The Kier molecular flexibility index (Phi) is 5.70. The van der Waals surface area contributed by atoms with Gasteiger partial charge in [0.1, 0.15) is 5.82 Å². The lowest BCUT2D eigenvalue weighted by Crippen LogP contribution is -2.27. The second-order valence-electron chi connectivity index (χ2n) is 5.23. The first-order valence-corrected chi connectivity index (χ1v) is 7.87. The van der Waals surface area contributed by atoms with Gasteiger partial charge in [0.05, 0.1) is 22.3 Å². The van der Waals surface area contributed by atoms with Crippen LogP contribution in [0.1, 0.15) is 23.6 Å². The molecule has 0 aromatic carbocycles. The molecule has 0 saturated carbocycles. The maximum absolute atomic E-state index is 12.8. The van der Waals surface area contributed by atoms with E-state index in [0.29, 0.717) is 12.2 Å². The van der Waals surface area contributed by atoms with Gasteiger partial charge in [-0.25, -0.2) is 4.39 Å². The van der Waals surface area contributed by atoms with Gasteiger partial charge in [0.2, 0.25) is 0 Å². The van der Waals surface area contributed by atoms with E-state index in [1.54, 1.807) is 11.3 Å². The van der Waals surface area contributed by atoms with Crippen LogP contribution in [0.5, 0.6) is 0 Å². The minimum atomic E-state index is -0.708. The Hall–Kier alpha value is -1.01. The van der Waals surface area contributed by atoms with E-state index < -0.39 is 11.9 Å². The fourth-order valence-corrected chi connectivity index (χ4v) is 3.38. The van der Waals surface area contributed by atoms with Gasteiger partial charge in [0.15, 0.2) is 0 Å². The quantitative estimate of drug-likeness (QED) is 0.877. The summed E-state index contributed by atoms with van der Waals surface area (Å²) in [6.07, 6.45) is 0.419. The molecule has 2 unspecified atom stereocenters. The highest BCUT2D eigenvalue weighted by atomic mass is 35.5. The average Bonchev–Trinajstić information content (AvgIpc) is 2.83. The molecule has 0 bridgehead atoms. The molecule has 0 saturated heterocycles. The monoisotopic (exact) mass is 328 g/mol. The van der Waals surface area contributed by atoms with Crippen molar-refractivity contribution in [3.05, 3.63) is 51.2 Å². The van der Waals surface area contributed by atoms with Gasteiger partial charge in [0, 0.05) is 23.9 Å². The van der Waals surface area contributed by atoms with Crippen LogP contribution >= 0.6 is 22.9 Å². The van der Waals surface area contributed by atoms with Crippen LogP contribution in [0.4, 0.5) is 4.39 Å². The number of aliphatic hydroxyl groups excluding tert-OH is 1. The topological polar surface area (TPSA) is 36.4 Å². The number of pyridine rings is 1. The lowest BCUT2D eigenvalue weighted by molar-refractivity contribution is 0.0899. The first-order valence-electron chi connectivity index (χ1n) is 6.68. The van der Waals surface area contributed by atoms with Crippen molar-refractivity contribution < 1.29 is 9.50 Å². The van der Waals surface area contributed by atoms with Gasteiger partial charge in [-0.2, -0.15) is 0 Å². The van der Waals surface area contributed by atoms with Crippen molar-refractivity contribution in [3.63, 3.8) is 0 Å². The molecule has 2 atom stereocenters. The molecule has 21 heavy (non-hydrogen) atoms. The molecule has 6 heteroatoms. The molecule has 0 amide bonds. The number of aromatic nitrogens is 1. The second-order valence-corrected chi connectivity index (χ2v) is 7.03. The minimum Gasteiger partial charge on any atom is -0.386 e. The standard InChI is InChI=1S/C15H18ClFN2OS/c1-10(15(20)13-5-3-11(17)7-18-13)8-19(2)9-12-4-6-14(16)21-12/h3-7,10,15,20H,8-9H2,1-2H3. The minimum absolute atomic E-state index is 0.0107. The predicted molar refractivity (Wildman–Crippen MR) is 84.0 cm³/mol. The fourth-order valence-electron chi connectivity index (χ4n) is 2.21. The van der Waals surface area contributed by atoms with E-state index in [2.05, 4.69) is 9.88 Å². The van der Waals surface area contributed by atoms with Crippen LogP contribution in [0.2, 0.25) is 4.34 Å². The molecule has 0 radical (unpaired) electrons. The van der Waals surface area contributed by atoms with Gasteiger partial charge in [-0.05, 0) is 31.3 Å². The van der Waals surface area contributed by atoms with Crippen molar-refractivity contribution >= 4 is 22.9 Å². The largest absolute Gasteiger partial charge is 0.386 e. The van der Waals surface area contributed by atoms with E-state index in [0.717, 1.165) is 17.1 Å². The fraction of sp³-hybridized carbons (Fsp3) is 0.400. The summed E-state index contributed by atoms with van der Waals surface area (Å²) in [6.45, 7) is 3.44. The van der Waals surface area contributed by atoms with Crippen molar-refractivity contribution in [3.8, 4) is 0 Å². The van der Waals surface area contributed by atoms with Gasteiger partial charge in [-0.15, -0.1) is 11.3 Å². The average molecular weight is 329 g/mol.